The van der Waals surface area contributed by atoms with Crippen LogP contribution in [-0.2, 0) is 13.0 Å². The number of nitrogens with one attached hydrogen (secondary N) is 1. The van der Waals surface area contributed by atoms with E-state index in [1.807, 2.05) is 48.5 Å². The fraction of sp³-hybridized carbons (Fsp3) is 0.400. The van der Waals surface area contributed by atoms with Crippen LogP contribution in [0.15, 0.2) is 71.3 Å². The second kappa shape index (κ2) is 12.2. The minimum atomic E-state index is -0.817. The monoisotopic (exact) mass is 392 g/mol. The summed E-state index contributed by atoms with van der Waals surface area (Å²) in [5.41, 5.74) is 2.04. The second-order valence-electron chi connectivity index (χ2n) is 7.51. The lowest BCUT2D eigenvalue weighted by atomic mass is 10.0. The first-order chi connectivity index (χ1) is 14.3. The molecule has 0 saturated heterocycles. The standard InChI is InChI=1S/C19H20N2O2.C6H12/c22-18(16-9-5-2-6-10-16)19-21-14-17(23-19)11-12-20-13-15-7-3-1-4-8-15;1-2-4-6-5-3-1/h1-10,14,18,20,22H,11-13H2;1-6H2. The predicted molar refractivity (Wildman–Crippen MR) is 117 cm³/mol. The maximum absolute atomic E-state index is 10.3. The van der Waals surface area contributed by atoms with Gasteiger partial charge in [0, 0.05) is 19.5 Å². The molecule has 1 aliphatic rings. The number of rotatable bonds is 7. The average molecular weight is 393 g/mol. The van der Waals surface area contributed by atoms with E-state index in [9.17, 15) is 5.11 Å². The molecular weight excluding hydrogens is 360 g/mol. The van der Waals surface area contributed by atoms with Gasteiger partial charge < -0.3 is 14.8 Å². The van der Waals surface area contributed by atoms with Crippen molar-refractivity contribution in [3.8, 4) is 0 Å². The SMILES string of the molecule is C1CCCCC1.OC(c1ccccc1)c1ncc(CCNCc2ccccc2)o1. The van der Waals surface area contributed by atoms with Gasteiger partial charge in [-0.05, 0) is 11.1 Å². The summed E-state index contributed by atoms with van der Waals surface area (Å²) in [6.45, 7) is 1.62. The molecule has 1 aromatic heterocycles. The zero-order valence-electron chi connectivity index (χ0n) is 17.1. The molecule has 1 heterocycles. The smallest absolute Gasteiger partial charge is 0.227 e. The lowest BCUT2D eigenvalue weighted by Gasteiger charge is -2.06. The van der Waals surface area contributed by atoms with Crippen molar-refractivity contribution in [1.82, 2.24) is 10.3 Å². The van der Waals surface area contributed by atoms with E-state index in [4.69, 9.17) is 4.42 Å². The lowest BCUT2D eigenvalue weighted by molar-refractivity contribution is 0.180. The van der Waals surface area contributed by atoms with Crippen molar-refractivity contribution in [3.63, 3.8) is 0 Å². The molecule has 3 aromatic rings. The molecule has 0 radical (unpaired) electrons. The van der Waals surface area contributed by atoms with Crippen LogP contribution in [0.1, 0.15) is 67.4 Å². The Balaban J connectivity index is 0.000000343. The molecule has 0 aliphatic heterocycles. The molecule has 1 saturated carbocycles. The zero-order chi connectivity index (χ0) is 20.2. The molecule has 0 amide bonds. The molecule has 2 N–H and O–H groups in total. The van der Waals surface area contributed by atoms with Crippen LogP contribution in [0.25, 0.3) is 0 Å². The Kier molecular flexibility index (Phi) is 8.95. The van der Waals surface area contributed by atoms with Crippen LogP contribution in [0.3, 0.4) is 0 Å². The highest BCUT2D eigenvalue weighted by Gasteiger charge is 2.16. The summed E-state index contributed by atoms with van der Waals surface area (Å²) in [6, 6.07) is 19.7. The van der Waals surface area contributed by atoms with Crippen LogP contribution in [0, 0.1) is 0 Å². The van der Waals surface area contributed by atoms with Gasteiger partial charge in [-0.2, -0.15) is 0 Å². The first-order valence-electron chi connectivity index (χ1n) is 10.7. The van der Waals surface area contributed by atoms with Crippen molar-refractivity contribution < 1.29 is 9.52 Å². The minimum Gasteiger partial charge on any atom is -0.442 e. The van der Waals surface area contributed by atoms with Crippen molar-refractivity contribution in [2.24, 2.45) is 0 Å². The van der Waals surface area contributed by atoms with Gasteiger partial charge in [0.25, 0.3) is 0 Å². The number of aliphatic hydroxyl groups excluding tert-OH is 1. The molecule has 1 unspecified atom stereocenters. The number of hydrogen-bond donors (Lipinski definition) is 2. The topological polar surface area (TPSA) is 58.3 Å². The fourth-order valence-corrected chi connectivity index (χ4v) is 3.44. The highest BCUT2D eigenvalue weighted by atomic mass is 16.4. The maximum atomic E-state index is 10.3. The molecule has 154 valence electrons. The summed E-state index contributed by atoms with van der Waals surface area (Å²) in [4.78, 5) is 4.18. The van der Waals surface area contributed by atoms with Crippen molar-refractivity contribution in [3.05, 3.63) is 89.6 Å². The van der Waals surface area contributed by atoms with Gasteiger partial charge in [-0.1, -0.05) is 99.2 Å². The molecule has 4 nitrogen and oxygen atoms in total. The van der Waals surface area contributed by atoms with Crippen LogP contribution in [0.2, 0.25) is 0 Å². The average Bonchev–Trinajstić information content (AvgIpc) is 3.28. The Morgan fingerprint density at radius 3 is 2.07 bits per heavy atom. The number of nitrogens with zero attached hydrogens (tertiary/aromatic N) is 1. The largest absolute Gasteiger partial charge is 0.442 e. The normalized spacial score (nSPS) is 14.7. The third-order valence-electron chi connectivity index (χ3n) is 5.14. The molecule has 2 aromatic carbocycles. The Labute approximate surface area is 174 Å². The van der Waals surface area contributed by atoms with Gasteiger partial charge in [-0.15, -0.1) is 0 Å². The lowest BCUT2D eigenvalue weighted by Crippen LogP contribution is -2.16. The quantitative estimate of drug-likeness (QED) is 0.527. The summed E-state index contributed by atoms with van der Waals surface area (Å²) >= 11 is 0. The van der Waals surface area contributed by atoms with Gasteiger partial charge in [-0.3, -0.25) is 0 Å². The van der Waals surface area contributed by atoms with E-state index in [-0.39, 0.29) is 0 Å². The van der Waals surface area contributed by atoms with Crippen LogP contribution in [0.4, 0.5) is 0 Å². The van der Waals surface area contributed by atoms with Crippen LogP contribution < -0.4 is 5.32 Å². The zero-order valence-corrected chi connectivity index (χ0v) is 17.1. The highest BCUT2D eigenvalue weighted by Crippen LogP contribution is 2.21. The Morgan fingerprint density at radius 2 is 1.45 bits per heavy atom. The third-order valence-corrected chi connectivity index (χ3v) is 5.14. The molecule has 29 heavy (non-hydrogen) atoms. The van der Waals surface area contributed by atoms with Crippen molar-refractivity contribution in [2.45, 2.75) is 57.6 Å². The summed E-state index contributed by atoms with van der Waals surface area (Å²) in [5, 5.41) is 13.6. The van der Waals surface area contributed by atoms with Gasteiger partial charge in [-0.25, -0.2) is 4.98 Å². The van der Waals surface area contributed by atoms with E-state index in [0.29, 0.717) is 5.89 Å². The van der Waals surface area contributed by atoms with Gasteiger partial charge in [0.1, 0.15) is 5.76 Å². The summed E-state index contributed by atoms with van der Waals surface area (Å²) in [5.74, 6) is 1.12. The molecule has 4 rings (SSSR count). The molecule has 1 fully saturated rings. The number of hydrogen-bond acceptors (Lipinski definition) is 4. The van der Waals surface area contributed by atoms with E-state index in [2.05, 4.69) is 22.4 Å². The summed E-state index contributed by atoms with van der Waals surface area (Å²) in [7, 11) is 0. The van der Waals surface area contributed by atoms with Gasteiger partial charge >= 0.3 is 0 Å². The number of aliphatic hydroxyl groups is 1. The fourth-order valence-electron chi connectivity index (χ4n) is 3.44. The number of oxazole rings is 1. The van der Waals surface area contributed by atoms with Gasteiger partial charge in [0.2, 0.25) is 5.89 Å². The minimum absolute atomic E-state index is 0.342. The predicted octanol–water partition coefficient (Wildman–Crippen LogP) is 5.43. The molecule has 0 bridgehead atoms. The van der Waals surface area contributed by atoms with Crippen LogP contribution in [-0.4, -0.2) is 16.6 Å². The molecule has 1 aliphatic carbocycles. The van der Waals surface area contributed by atoms with Crippen molar-refractivity contribution in [1.29, 1.82) is 0 Å². The summed E-state index contributed by atoms with van der Waals surface area (Å²) in [6.07, 6.45) is 10.6. The highest BCUT2D eigenvalue weighted by molar-refractivity contribution is 5.22. The van der Waals surface area contributed by atoms with E-state index in [0.717, 1.165) is 30.8 Å². The van der Waals surface area contributed by atoms with Gasteiger partial charge in [0.15, 0.2) is 6.10 Å². The van der Waals surface area contributed by atoms with Gasteiger partial charge in [0.05, 0.1) is 6.20 Å². The molecule has 1 atom stereocenters. The van der Waals surface area contributed by atoms with Crippen molar-refractivity contribution >= 4 is 0 Å². The van der Waals surface area contributed by atoms with E-state index in [1.165, 1.54) is 44.1 Å². The Morgan fingerprint density at radius 1 is 0.862 bits per heavy atom. The van der Waals surface area contributed by atoms with Crippen LogP contribution in [0.5, 0.6) is 0 Å². The number of aromatic nitrogens is 1. The summed E-state index contributed by atoms with van der Waals surface area (Å²) < 4.78 is 5.65. The molecule has 0 spiro atoms. The molecule has 4 heteroatoms. The van der Waals surface area contributed by atoms with Crippen LogP contribution >= 0.6 is 0 Å². The Hall–Kier alpha value is -2.43. The first-order valence-corrected chi connectivity index (χ1v) is 10.7. The maximum Gasteiger partial charge on any atom is 0.227 e. The van der Waals surface area contributed by atoms with E-state index < -0.39 is 6.10 Å². The van der Waals surface area contributed by atoms with E-state index >= 15 is 0 Å². The second-order valence-corrected chi connectivity index (χ2v) is 7.51. The van der Waals surface area contributed by atoms with E-state index in [1.54, 1.807) is 6.20 Å². The number of benzene rings is 2. The Bertz CT molecular complexity index is 786. The van der Waals surface area contributed by atoms with Crippen molar-refractivity contribution in [2.75, 3.05) is 6.54 Å². The molecular formula is C25H32N2O2. The first kappa shape index (κ1) is 21.3. The third kappa shape index (κ3) is 7.48.